The summed E-state index contributed by atoms with van der Waals surface area (Å²) in [5.41, 5.74) is -3.22. The summed E-state index contributed by atoms with van der Waals surface area (Å²) in [6, 6.07) is 0. The fraction of sp³-hybridized carbons (Fsp3) is 0.923. The predicted molar refractivity (Wildman–Crippen MR) is 65.0 cm³/mol. The Balaban J connectivity index is 1.96. The van der Waals surface area contributed by atoms with E-state index in [-0.39, 0.29) is 37.8 Å². The second-order valence-corrected chi connectivity index (χ2v) is 6.84. The Morgan fingerprint density at radius 3 is 2.00 bits per heavy atom. The molecule has 7 heteroatoms. The average Bonchev–Trinajstić information content (AvgIpc) is 2.68. The van der Waals surface area contributed by atoms with Gasteiger partial charge in [0, 0.05) is 13.1 Å². The minimum absolute atomic E-state index is 0.220. The molecule has 0 aromatic rings. The van der Waals surface area contributed by atoms with Crippen LogP contribution in [0.25, 0.3) is 0 Å². The molecule has 2 aliphatic rings. The molecular formula is C13H20F3NO3. The zero-order chi connectivity index (χ0) is 15.3. The molecule has 1 N–H and O–H groups in total. The number of amides is 1. The van der Waals surface area contributed by atoms with Crippen molar-refractivity contribution in [1.29, 1.82) is 0 Å². The van der Waals surface area contributed by atoms with Crippen LogP contribution in [0.1, 0.15) is 33.6 Å². The summed E-state index contributed by atoms with van der Waals surface area (Å²) in [6.45, 7) is 5.66. The molecule has 0 spiro atoms. The van der Waals surface area contributed by atoms with Gasteiger partial charge in [-0.2, -0.15) is 13.2 Å². The Morgan fingerprint density at radius 1 is 1.20 bits per heavy atom. The van der Waals surface area contributed by atoms with E-state index in [1.165, 1.54) is 4.90 Å². The Bertz CT molecular complexity index is 389. The molecule has 1 amide bonds. The Hall–Kier alpha value is -0.980. The van der Waals surface area contributed by atoms with Crippen molar-refractivity contribution in [1.82, 2.24) is 4.90 Å². The Morgan fingerprint density at radius 2 is 1.65 bits per heavy atom. The highest BCUT2D eigenvalue weighted by molar-refractivity contribution is 5.68. The van der Waals surface area contributed by atoms with Crippen LogP contribution in [0.3, 0.4) is 0 Å². The van der Waals surface area contributed by atoms with E-state index in [1.54, 1.807) is 20.8 Å². The number of carbonyl (C=O) groups is 1. The molecule has 2 rings (SSSR count). The Labute approximate surface area is 115 Å². The van der Waals surface area contributed by atoms with Gasteiger partial charge in [-0.25, -0.2) is 4.79 Å². The molecule has 1 aliphatic heterocycles. The largest absolute Gasteiger partial charge is 0.444 e. The van der Waals surface area contributed by atoms with Crippen molar-refractivity contribution < 1.29 is 27.8 Å². The van der Waals surface area contributed by atoms with Crippen LogP contribution in [0.5, 0.6) is 0 Å². The summed E-state index contributed by atoms with van der Waals surface area (Å²) < 4.78 is 43.5. The van der Waals surface area contributed by atoms with Crippen LogP contribution in [0.4, 0.5) is 18.0 Å². The third-order valence-electron chi connectivity index (χ3n) is 3.96. The van der Waals surface area contributed by atoms with E-state index in [4.69, 9.17) is 4.74 Å². The molecular weight excluding hydrogens is 275 g/mol. The van der Waals surface area contributed by atoms with Crippen LogP contribution in [0, 0.1) is 11.8 Å². The molecule has 1 saturated heterocycles. The van der Waals surface area contributed by atoms with E-state index >= 15 is 0 Å². The van der Waals surface area contributed by atoms with Crippen molar-refractivity contribution >= 4 is 6.09 Å². The average molecular weight is 295 g/mol. The third kappa shape index (κ3) is 2.87. The molecule has 4 nitrogen and oxygen atoms in total. The highest BCUT2D eigenvalue weighted by atomic mass is 19.4. The predicted octanol–water partition coefficient (Wildman–Crippen LogP) is 2.56. The van der Waals surface area contributed by atoms with Crippen LogP contribution in [0.2, 0.25) is 0 Å². The lowest BCUT2D eigenvalue weighted by molar-refractivity contribution is -0.259. The zero-order valence-electron chi connectivity index (χ0n) is 11.8. The number of fused-ring (bicyclic) bond motifs is 1. The number of likely N-dealkylation sites (tertiary alicyclic amines) is 1. The highest BCUT2D eigenvalue weighted by Crippen LogP contribution is 2.50. The summed E-state index contributed by atoms with van der Waals surface area (Å²) in [5.74, 6) is -0.622. The molecule has 0 aromatic carbocycles. The monoisotopic (exact) mass is 295 g/mol. The smallest absolute Gasteiger partial charge is 0.417 e. The lowest BCUT2D eigenvalue weighted by Gasteiger charge is -2.29. The minimum atomic E-state index is -4.60. The van der Waals surface area contributed by atoms with Gasteiger partial charge >= 0.3 is 12.3 Å². The van der Waals surface area contributed by atoms with Crippen LogP contribution in [-0.2, 0) is 4.74 Å². The molecule has 0 bridgehead atoms. The topological polar surface area (TPSA) is 49.8 Å². The van der Waals surface area contributed by atoms with Crippen molar-refractivity contribution in [3.8, 4) is 0 Å². The lowest BCUT2D eigenvalue weighted by atomic mass is 9.99. The van der Waals surface area contributed by atoms with Gasteiger partial charge in [0.05, 0.1) is 0 Å². The van der Waals surface area contributed by atoms with Gasteiger partial charge in [0.1, 0.15) is 5.60 Å². The number of hydrogen-bond donors (Lipinski definition) is 1. The standard InChI is InChI=1S/C13H20F3NO3/c1-11(2,3)20-10(18)17-6-8-4-12(19,13(14,15)16)5-9(8)7-17/h8-9,19H,4-7H2,1-3H3/t8-,9+,12?. The number of nitrogens with zero attached hydrogens (tertiary/aromatic N) is 1. The fourth-order valence-electron chi connectivity index (χ4n) is 3.06. The fourth-order valence-corrected chi connectivity index (χ4v) is 3.06. The van der Waals surface area contributed by atoms with Gasteiger partial charge in [-0.15, -0.1) is 0 Å². The number of aliphatic hydroxyl groups is 1. The molecule has 2 fully saturated rings. The number of carbonyl (C=O) groups excluding carboxylic acids is 1. The molecule has 20 heavy (non-hydrogen) atoms. The summed E-state index contributed by atoms with van der Waals surface area (Å²) in [7, 11) is 0. The molecule has 116 valence electrons. The number of halogens is 3. The first-order valence-corrected chi connectivity index (χ1v) is 6.68. The first kappa shape index (κ1) is 15.4. The summed E-state index contributed by atoms with van der Waals surface area (Å²) >= 11 is 0. The summed E-state index contributed by atoms with van der Waals surface area (Å²) in [4.78, 5) is 13.3. The maximum Gasteiger partial charge on any atom is 0.417 e. The number of hydrogen-bond acceptors (Lipinski definition) is 3. The van der Waals surface area contributed by atoms with Crippen LogP contribution in [0.15, 0.2) is 0 Å². The third-order valence-corrected chi connectivity index (χ3v) is 3.96. The van der Waals surface area contributed by atoms with E-state index in [2.05, 4.69) is 0 Å². The highest BCUT2D eigenvalue weighted by Gasteiger charge is 2.62. The van der Waals surface area contributed by atoms with Gasteiger partial charge in [-0.1, -0.05) is 0 Å². The van der Waals surface area contributed by atoms with Crippen molar-refractivity contribution in [2.75, 3.05) is 13.1 Å². The second kappa shape index (κ2) is 4.51. The molecule has 3 atom stereocenters. The van der Waals surface area contributed by atoms with Crippen molar-refractivity contribution in [2.24, 2.45) is 11.8 Å². The molecule has 1 heterocycles. The maximum absolute atomic E-state index is 12.8. The summed E-state index contributed by atoms with van der Waals surface area (Å²) in [5, 5.41) is 9.69. The molecule has 1 saturated carbocycles. The second-order valence-electron chi connectivity index (χ2n) is 6.84. The van der Waals surface area contributed by atoms with Gasteiger partial charge in [0.2, 0.25) is 0 Å². The SMILES string of the molecule is CC(C)(C)OC(=O)N1C[C@@H]2CC(O)(C(F)(F)F)C[C@@H]2C1. The van der Waals surface area contributed by atoms with Crippen LogP contribution >= 0.6 is 0 Å². The summed E-state index contributed by atoms with van der Waals surface area (Å²) in [6.07, 6.45) is -5.77. The minimum Gasteiger partial charge on any atom is -0.444 e. The van der Waals surface area contributed by atoms with E-state index in [0.29, 0.717) is 0 Å². The quantitative estimate of drug-likeness (QED) is 0.747. The number of rotatable bonds is 0. The first-order chi connectivity index (χ1) is 8.91. The van der Waals surface area contributed by atoms with E-state index < -0.39 is 23.5 Å². The Kier molecular flexibility index (Phi) is 3.48. The zero-order valence-corrected chi connectivity index (χ0v) is 11.8. The molecule has 1 aliphatic carbocycles. The van der Waals surface area contributed by atoms with Crippen molar-refractivity contribution in [2.45, 2.75) is 51.0 Å². The molecule has 1 unspecified atom stereocenters. The molecule has 0 radical (unpaired) electrons. The van der Waals surface area contributed by atoms with E-state index in [0.717, 1.165) is 0 Å². The normalized spacial score (nSPS) is 34.2. The van der Waals surface area contributed by atoms with Gasteiger partial charge in [0.25, 0.3) is 0 Å². The molecule has 0 aromatic heterocycles. The van der Waals surface area contributed by atoms with Crippen molar-refractivity contribution in [3.05, 3.63) is 0 Å². The number of alkyl halides is 3. The van der Waals surface area contributed by atoms with Crippen LogP contribution in [-0.4, -0.2) is 46.6 Å². The van der Waals surface area contributed by atoms with Gasteiger partial charge in [0.15, 0.2) is 5.60 Å². The van der Waals surface area contributed by atoms with E-state index in [1.807, 2.05) is 0 Å². The first-order valence-electron chi connectivity index (χ1n) is 6.68. The lowest BCUT2D eigenvalue weighted by Crippen LogP contribution is -2.44. The maximum atomic E-state index is 12.8. The van der Waals surface area contributed by atoms with E-state index in [9.17, 15) is 23.1 Å². The van der Waals surface area contributed by atoms with Gasteiger partial charge < -0.3 is 14.7 Å². The number of ether oxygens (including phenoxy) is 1. The van der Waals surface area contributed by atoms with Gasteiger partial charge in [-0.05, 0) is 45.4 Å². The van der Waals surface area contributed by atoms with Crippen LogP contribution < -0.4 is 0 Å². The van der Waals surface area contributed by atoms with Gasteiger partial charge in [-0.3, -0.25) is 0 Å². The van der Waals surface area contributed by atoms with Crippen molar-refractivity contribution in [3.63, 3.8) is 0 Å².